The second kappa shape index (κ2) is 12.6. The Morgan fingerprint density at radius 3 is 1.33 bits per heavy atom. The van der Waals surface area contributed by atoms with Crippen LogP contribution in [0.4, 0.5) is 34.9 Å². The summed E-state index contributed by atoms with van der Waals surface area (Å²) in [6.07, 6.45) is 0. The summed E-state index contributed by atoms with van der Waals surface area (Å²) in [5.74, 6) is -1.64. The van der Waals surface area contributed by atoms with E-state index >= 15 is 0 Å². The number of hydrogen-bond acceptors (Lipinski definition) is 17. The quantitative estimate of drug-likeness (QED) is 0.113. The van der Waals surface area contributed by atoms with Crippen LogP contribution < -0.4 is 16.0 Å². The predicted molar refractivity (Wildman–Crippen MR) is 159 cm³/mol. The summed E-state index contributed by atoms with van der Waals surface area (Å²) in [6, 6.07) is 3.11. The SMILES string of the molecule is O=S(=O)(O)c1ccc(Nc2nc(Br)nc(Nc3cc(S(=O)(=O)O)c(Nc4nc(Cl)nc(Cl)n4)cc3S(=O)(=O)O)n2)c(S(=O)(=O)O)c1. The summed E-state index contributed by atoms with van der Waals surface area (Å²) in [6.45, 7) is 0. The van der Waals surface area contributed by atoms with Gasteiger partial charge in [-0.3, -0.25) is 18.2 Å². The Bertz CT molecular complexity index is 2330. The van der Waals surface area contributed by atoms with Crippen LogP contribution in [0.3, 0.4) is 0 Å². The van der Waals surface area contributed by atoms with Crippen molar-refractivity contribution in [2.45, 2.75) is 19.6 Å². The molecule has 0 aliphatic heterocycles. The number of rotatable bonds is 10. The van der Waals surface area contributed by atoms with E-state index in [1.165, 1.54) is 0 Å². The molecule has 246 valence electrons. The molecule has 2 aromatic carbocycles. The zero-order chi connectivity index (χ0) is 34.4. The van der Waals surface area contributed by atoms with Crippen molar-refractivity contribution in [3.8, 4) is 0 Å². The molecule has 21 nitrogen and oxygen atoms in total. The summed E-state index contributed by atoms with van der Waals surface area (Å²) in [7, 11) is -20.4. The first-order chi connectivity index (χ1) is 21.0. The lowest BCUT2D eigenvalue weighted by Gasteiger charge is -2.16. The molecule has 0 amide bonds. The van der Waals surface area contributed by atoms with E-state index in [2.05, 4.69) is 61.8 Å². The van der Waals surface area contributed by atoms with Crippen LogP contribution in [0.25, 0.3) is 0 Å². The predicted octanol–water partition coefficient (Wildman–Crippen LogP) is 2.34. The van der Waals surface area contributed by atoms with Crippen LogP contribution in [0, 0.1) is 0 Å². The molecule has 2 aromatic heterocycles. The Balaban J connectivity index is 1.82. The van der Waals surface area contributed by atoms with Crippen LogP contribution in [-0.4, -0.2) is 81.8 Å². The highest BCUT2D eigenvalue weighted by Gasteiger charge is 2.26. The van der Waals surface area contributed by atoms with Crippen LogP contribution >= 0.6 is 39.1 Å². The van der Waals surface area contributed by atoms with Crippen molar-refractivity contribution < 1.29 is 51.9 Å². The fraction of sp³-hybridized carbons (Fsp3) is 0. The molecule has 28 heteroatoms. The lowest BCUT2D eigenvalue weighted by Crippen LogP contribution is -2.12. The average Bonchev–Trinajstić information content (AvgIpc) is 2.86. The number of nitrogens with one attached hydrogen (secondary N) is 3. The van der Waals surface area contributed by atoms with Gasteiger partial charge in [0.2, 0.25) is 33.1 Å². The summed E-state index contributed by atoms with van der Waals surface area (Å²) in [5, 5.41) is 6.03. The highest BCUT2D eigenvalue weighted by Crippen LogP contribution is 2.35. The van der Waals surface area contributed by atoms with Crippen molar-refractivity contribution in [2.24, 2.45) is 0 Å². The molecule has 0 atom stereocenters. The van der Waals surface area contributed by atoms with E-state index in [-0.39, 0.29) is 4.73 Å². The molecule has 0 unspecified atom stereocenters. The molecule has 0 saturated carbocycles. The van der Waals surface area contributed by atoms with Gasteiger partial charge in [0.1, 0.15) is 14.7 Å². The minimum atomic E-state index is -5.20. The van der Waals surface area contributed by atoms with Crippen LogP contribution in [0.1, 0.15) is 0 Å². The molecular formula is C18H12BrCl2N9O12S4. The van der Waals surface area contributed by atoms with Crippen molar-refractivity contribution in [3.63, 3.8) is 0 Å². The zero-order valence-electron chi connectivity index (χ0n) is 21.4. The first-order valence-electron chi connectivity index (χ1n) is 11.0. The van der Waals surface area contributed by atoms with Gasteiger partial charge in [0, 0.05) is 0 Å². The fourth-order valence-electron chi connectivity index (χ4n) is 3.37. The summed E-state index contributed by atoms with van der Waals surface area (Å²) in [4.78, 5) is 18.3. The van der Waals surface area contributed by atoms with E-state index in [0.29, 0.717) is 18.2 Å². The Labute approximate surface area is 276 Å². The molecule has 0 radical (unpaired) electrons. The number of nitrogens with zero attached hydrogens (tertiary/aromatic N) is 6. The van der Waals surface area contributed by atoms with Crippen LogP contribution in [-0.2, 0) is 40.5 Å². The van der Waals surface area contributed by atoms with Crippen LogP contribution in [0.15, 0.2) is 54.6 Å². The minimum absolute atomic E-state index is 0.319. The van der Waals surface area contributed by atoms with Gasteiger partial charge in [-0.1, -0.05) is 0 Å². The largest absolute Gasteiger partial charge is 0.323 e. The summed E-state index contributed by atoms with van der Waals surface area (Å²) < 4.78 is 134. The molecule has 0 aliphatic carbocycles. The van der Waals surface area contributed by atoms with Gasteiger partial charge in [-0.05, 0) is 69.5 Å². The van der Waals surface area contributed by atoms with Gasteiger partial charge >= 0.3 is 0 Å². The highest BCUT2D eigenvalue weighted by molar-refractivity contribution is 9.10. The maximum Gasteiger partial charge on any atom is 0.296 e. The molecule has 0 bridgehead atoms. The molecule has 4 rings (SSSR count). The van der Waals surface area contributed by atoms with Gasteiger partial charge in [-0.25, -0.2) is 0 Å². The smallest absolute Gasteiger partial charge is 0.296 e. The third kappa shape index (κ3) is 8.67. The van der Waals surface area contributed by atoms with Gasteiger partial charge in [0.25, 0.3) is 40.5 Å². The van der Waals surface area contributed by atoms with Crippen molar-refractivity contribution in [1.82, 2.24) is 29.9 Å². The number of halogens is 3. The van der Waals surface area contributed by atoms with Crippen molar-refractivity contribution in [1.29, 1.82) is 0 Å². The Kier molecular flexibility index (Phi) is 9.73. The Morgan fingerprint density at radius 1 is 0.522 bits per heavy atom. The summed E-state index contributed by atoms with van der Waals surface area (Å²) in [5.41, 5.74) is -1.95. The number of benzene rings is 2. The van der Waals surface area contributed by atoms with E-state index in [1.807, 2.05) is 0 Å². The van der Waals surface area contributed by atoms with Crippen LogP contribution in [0.5, 0.6) is 0 Å². The first-order valence-corrected chi connectivity index (χ1v) is 18.3. The fourth-order valence-corrected chi connectivity index (χ4v) is 6.63. The monoisotopic (exact) mass is 823 g/mol. The van der Waals surface area contributed by atoms with Crippen molar-refractivity contribution in [3.05, 3.63) is 45.6 Å². The van der Waals surface area contributed by atoms with E-state index in [4.69, 9.17) is 23.2 Å². The molecule has 0 fully saturated rings. The lowest BCUT2D eigenvalue weighted by atomic mass is 10.2. The van der Waals surface area contributed by atoms with Crippen molar-refractivity contribution >= 4 is 115 Å². The average molecular weight is 825 g/mol. The van der Waals surface area contributed by atoms with Crippen LogP contribution in [0.2, 0.25) is 10.6 Å². The van der Waals surface area contributed by atoms with Gasteiger partial charge in [-0.15, -0.1) is 0 Å². The van der Waals surface area contributed by atoms with E-state index in [1.54, 1.807) is 0 Å². The number of anilines is 6. The maximum absolute atomic E-state index is 12.3. The molecule has 4 aromatic rings. The molecule has 0 saturated heterocycles. The molecule has 2 heterocycles. The standard InChI is InChI=1S/C18H12BrCl2N9O12S4/c19-13-25-16(22-7-2-1-6(43(31,32)33)3-10(7)44(34,35)36)30-17(26-13)23-8-4-12(46(40,41)42)9(5-11(8)45(37,38)39)24-18-28-14(20)27-15(21)29-18/h1-5H,(H,31,32,33)(H,34,35,36)(H,37,38,39)(H,40,41,42)(H,24,27,28,29)(H2,22,23,25,26,30). The Morgan fingerprint density at radius 2 is 0.913 bits per heavy atom. The van der Waals surface area contributed by atoms with E-state index < -0.39 is 106 Å². The second-order valence-electron chi connectivity index (χ2n) is 8.23. The topological polar surface area (TPSA) is 331 Å². The van der Waals surface area contributed by atoms with Gasteiger partial charge in [0.05, 0.1) is 22.0 Å². The third-order valence-electron chi connectivity index (χ3n) is 5.09. The van der Waals surface area contributed by atoms with Gasteiger partial charge in [-0.2, -0.15) is 63.6 Å². The van der Waals surface area contributed by atoms with E-state index in [0.717, 1.165) is 12.1 Å². The number of hydrogen-bond donors (Lipinski definition) is 7. The summed E-state index contributed by atoms with van der Waals surface area (Å²) >= 11 is 14.3. The molecular weight excluding hydrogens is 813 g/mol. The Hall–Kier alpha value is -3.44. The molecule has 46 heavy (non-hydrogen) atoms. The van der Waals surface area contributed by atoms with Crippen molar-refractivity contribution in [2.75, 3.05) is 16.0 Å². The number of aromatic nitrogens is 6. The minimum Gasteiger partial charge on any atom is -0.323 e. The zero-order valence-corrected chi connectivity index (χ0v) is 27.8. The second-order valence-corrected chi connectivity index (χ2v) is 15.2. The molecule has 0 aliphatic rings. The maximum atomic E-state index is 12.3. The first kappa shape index (κ1) is 35.4. The highest BCUT2D eigenvalue weighted by atomic mass is 79.9. The van der Waals surface area contributed by atoms with Gasteiger partial charge < -0.3 is 16.0 Å². The third-order valence-corrected chi connectivity index (χ3v) is 9.32. The normalized spacial score (nSPS) is 12.5. The molecule has 7 N–H and O–H groups in total. The van der Waals surface area contributed by atoms with E-state index in [9.17, 15) is 51.9 Å². The lowest BCUT2D eigenvalue weighted by molar-refractivity contribution is 0.479. The molecule has 0 spiro atoms. The van der Waals surface area contributed by atoms with Gasteiger partial charge in [0.15, 0.2) is 0 Å².